The number of hydrogen-bond acceptors (Lipinski definition) is 4. The smallest absolute Gasteiger partial charge is 0.325 e. The molecular weight excluding hydrogens is 194 g/mol. The number of likely N-dealkylation sites (N-methyl/N-ethyl adjacent to an activating group) is 1. The van der Waals surface area contributed by atoms with Gasteiger partial charge in [0.25, 0.3) is 0 Å². The highest BCUT2D eigenvalue weighted by atomic mass is 16.5. The van der Waals surface area contributed by atoms with Crippen molar-refractivity contribution >= 4 is 5.97 Å². The molecule has 1 N–H and O–H groups in total. The first-order chi connectivity index (χ1) is 7.00. The van der Waals surface area contributed by atoms with E-state index in [4.69, 9.17) is 9.47 Å². The molecule has 0 aliphatic carbocycles. The van der Waals surface area contributed by atoms with Gasteiger partial charge >= 0.3 is 5.97 Å². The molecule has 0 saturated heterocycles. The van der Waals surface area contributed by atoms with E-state index in [1.807, 2.05) is 27.7 Å². The third kappa shape index (κ3) is 4.62. The molecule has 0 aliphatic rings. The summed E-state index contributed by atoms with van der Waals surface area (Å²) in [6.07, 6.45) is 0.652. The van der Waals surface area contributed by atoms with Gasteiger partial charge in [-0.3, -0.25) is 4.79 Å². The molecule has 0 aliphatic heterocycles. The predicted molar refractivity (Wildman–Crippen MR) is 59.8 cm³/mol. The Labute approximate surface area is 92.3 Å². The van der Waals surface area contributed by atoms with Crippen molar-refractivity contribution < 1.29 is 14.3 Å². The van der Waals surface area contributed by atoms with Crippen molar-refractivity contribution in [1.29, 1.82) is 0 Å². The van der Waals surface area contributed by atoms with Crippen molar-refractivity contribution in [2.24, 2.45) is 0 Å². The van der Waals surface area contributed by atoms with Crippen LogP contribution in [-0.2, 0) is 14.3 Å². The molecule has 0 bridgehead atoms. The van der Waals surface area contributed by atoms with E-state index >= 15 is 0 Å². The van der Waals surface area contributed by atoms with Crippen LogP contribution in [0, 0.1) is 0 Å². The normalized spacial score (nSPS) is 16.9. The number of carbonyl (C=O) groups is 1. The molecule has 4 heteroatoms. The lowest BCUT2D eigenvalue weighted by Gasteiger charge is -2.30. The fourth-order valence-corrected chi connectivity index (χ4v) is 1.76. The van der Waals surface area contributed by atoms with E-state index < -0.39 is 5.54 Å². The fourth-order valence-electron chi connectivity index (χ4n) is 1.76. The molecule has 0 heterocycles. The van der Waals surface area contributed by atoms with Gasteiger partial charge in [0, 0.05) is 13.0 Å². The number of methoxy groups -OCH3 is 1. The summed E-state index contributed by atoms with van der Waals surface area (Å²) in [5.41, 5.74) is -0.655. The molecule has 0 aromatic carbocycles. The van der Waals surface area contributed by atoms with E-state index in [1.54, 1.807) is 0 Å². The molecule has 0 aromatic heterocycles. The van der Waals surface area contributed by atoms with Gasteiger partial charge < -0.3 is 14.8 Å². The van der Waals surface area contributed by atoms with Crippen LogP contribution in [0.4, 0.5) is 0 Å². The maximum atomic E-state index is 11.6. The second-order valence-electron chi connectivity index (χ2n) is 3.82. The summed E-state index contributed by atoms with van der Waals surface area (Å²) in [5.74, 6) is -0.240. The van der Waals surface area contributed by atoms with Gasteiger partial charge in [-0.15, -0.1) is 0 Å². The van der Waals surface area contributed by atoms with Crippen LogP contribution >= 0.6 is 0 Å². The van der Waals surface area contributed by atoms with E-state index in [-0.39, 0.29) is 12.1 Å². The van der Waals surface area contributed by atoms with E-state index in [9.17, 15) is 4.79 Å². The third-order valence-electron chi connectivity index (χ3n) is 2.35. The van der Waals surface area contributed by atoms with Crippen LogP contribution in [0.15, 0.2) is 0 Å². The van der Waals surface area contributed by atoms with Crippen molar-refractivity contribution in [1.82, 2.24) is 5.32 Å². The van der Waals surface area contributed by atoms with E-state index in [0.29, 0.717) is 13.0 Å². The number of nitrogens with one attached hydrogen (secondary N) is 1. The lowest BCUT2D eigenvalue weighted by molar-refractivity contribution is -0.149. The lowest BCUT2D eigenvalue weighted by atomic mass is 9.94. The monoisotopic (exact) mass is 217 g/mol. The van der Waals surface area contributed by atoms with Crippen molar-refractivity contribution in [3.05, 3.63) is 0 Å². The topological polar surface area (TPSA) is 47.6 Å². The predicted octanol–water partition coefficient (Wildman–Crippen LogP) is 1.34. The minimum Gasteiger partial charge on any atom is -0.468 e. The SMILES string of the molecule is CCNC(C)(CC(C)OCC)C(=O)OC. The highest BCUT2D eigenvalue weighted by Crippen LogP contribution is 2.16. The highest BCUT2D eigenvalue weighted by Gasteiger charge is 2.35. The number of hydrogen-bond donors (Lipinski definition) is 1. The van der Waals surface area contributed by atoms with Crippen LogP contribution in [0.25, 0.3) is 0 Å². The van der Waals surface area contributed by atoms with Gasteiger partial charge in [0.05, 0.1) is 13.2 Å². The summed E-state index contributed by atoms with van der Waals surface area (Å²) < 4.78 is 10.2. The Kier molecular flexibility index (Phi) is 6.52. The van der Waals surface area contributed by atoms with Gasteiger partial charge in [-0.05, 0) is 27.3 Å². The quantitative estimate of drug-likeness (QED) is 0.654. The molecule has 4 nitrogen and oxygen atoms in total. The average Bonchev–Trinajstić information content (AvgIpc) is 2.17. The van der Waals surface area contributed by atoms with Crippen LogP contribution in [0.5, 0.6) is 0 Å². The fraction of sp³-hybridized carbons (Fsp3) is 0.909. The number of rotatable bonds is 7. The third-order valence-corrected chi connectivity index (χ3v) is 2.35. The Morgan fingerprint density at radius 3 is 2.47 bits per heavy atom. The summed E-state index contributed by atoms with van der Waals surface area (Å²) in [6, 6.07) is 0. The summed E-state index contributed by atoms with van der Waals surface area (Å²) >= 11 is 0. The Balaban J connectivity index is 4.42. The molecule has 0 rings (SSSR count). The second-order valence-corrected chi connectivity index (χ2v) is 3.82. The van der Waals surface area contributed by atoms with Crippen molar-refractivity contribution in [3.63, 3.8) is 0 Å². The number of carbonyl (C=O) groups excluding carboxylic acids is 1. The molecule has 15 heavy (non-hydrogen) atoms. The molecule has 2 atom stereocenters. The van der Waals surface area contributed by atoms with Crippen LogP contribution in [-0.4, -0.2) is 37.9 Å². The zero-order valence-corrected chi connectivity index (χ0v) is 10.4. The van der Waals surface area contributed by atoms with E-state index in [2.05, 4.69) is 5.32 Å². The molecular formula is C11H23NO3. The minimum absolute atomic E-state index is 0.0400. The summed E-state index contributed by atoms with van der Waals surface area (Å²) in [5, 5.41) is 3.14. The largest absolute Gasteiger partial charge is 0.468 e. The van der Waals surface area contributed by atoms with Gasteiger partial charge in [-0.1, -0.05) is 6.92 Å². The van der Waals surface area contributed by atoms with E-state index in [1.165, 1.54) is 7.11 Å². The maximum absolute atomic E-state index is 11.6. The van der Waals surface area contributed by atoms with Crippen molar-refractivity contribution in [3.8, 4) is 0 Å². The zero-order valence-electron chi connectivity index (χ0n) is 10.4. The molecule has 0 amide bonds. The summed E-state index contributed by atoms with van der Waals surface area (Å²) in [7, 11) is 1.41. The lowest BCUT2D eigenvalue weighted by Crippen LogP contribution is -2.52. The van der Waals surface area contributed by atoms with Crippen LogP contribution in [0.2, 0.25) is 0 Å². The molecule has 0 fully saturated rings. The van der Waals surface area contributed by atoms with Crippen LogP contribution < -0.4 is 5.32 Å². The van der Waals surface area contributed by atoms with Crippen LogP contribution in [0.1, 0.15) is 34.1 Å². The van der Waals surface area contributed by atoms with Gasteiger partial charge in [0.15, 0.2) is 0 Å². The first-order valence-corrected chi connectivity index (χ1v) is 5.45. The second kappa shape index (κ2) is 6.80. The Hall–Kier alpha value is -0.610. The highest BCUT2D eigenvalue weighted by molar-refractivity contribution is 5.80. The Bertz CT molecular complexity index is 196. The summed E-state index contributed by atoms with van der Waals surface area (Å²) in [4.78, 5) is 11.6. The van der Waals surface area contributed by atoms with Gasteiger partial charge in [0.1, 0.15) is 5.54 Å². The van der Waals surface area contributed by atoms with Crippen LogP contribution in [0.3, 0.4) is 0 Å². The van der Waals surface area contributed by atoms with Gasteiger partial charge in [0.2, 0.25) is 0 Å². The standard InChI is InChI=1S/C11H23NO3/c1-6-12-11(4,10(13)14-5)8-9(3)15-7-2/h9,12H,6-8H2,1-5H3. The number of esters is 1. The number of ether oxygens (including phenoxy) is 2. The molecule has 0 radical (unpaired) electrons. The Morgan fingerprint density at radius 2 is 2.07 bits per heavy atom. The first-order valence-electron chi connectivity index (χ1n) is 5.45. The minimum atomic E-state index is -0.655. The molecule has 2 unspecified atom stereocenters. The average molecular weight is 217 g/mol. The molecule has 0 aromatic rings. The van der Waals surface area contributed by atoms with E-state index in [0.717, 1.165) is 6.54 Å². The summed E-state index contributed by atoms with van der Waals surface area (Å²) in [6.45, 7) is 9.10. The Morgan fingerprint density at radius 1 is 1.47 bits per heavy atom. The van der Waals surface area contributed by atoms with Crippen molar-refractivity contribution in [2.45, 2.75) is 45.8 Å². The molecule has 0 saturated carbocycles. The van der Waals surface area contributed by atoms with Gasteiger partial charge in [-0.25, -0.2) is 0 Å². The molecule has 90 valence electrons. The molecule has 0 spiro atoms. The zero-order chi connectivity index (χ0) is 11.9. The van der Waals surface area contributed by atoms with Crippen molar-refractivity contribution in [2.75, 3.05) is 20.3 Å². The first kappa shape index (κ1) is 14.4. The maximum Gasteiger partial charge on any atom is 0.325 e. The van der Waals surface area contributed by atoms with Gasteiger partial charge in [-0.2, -0.15) is 0 Å².